The number of carbonyl (C=O) groups excluding carboxylic acids is 1. The molecule has 0 aliphatic heterocycles. The molecule has 0 aromatic heterocycles. The van der Waals surface area contributed by atoms with Gasteiger partial charge in [0.15, 0.2) is 5.84 Å². The number of nitrogens with zero attached hydrogens (tertiary/aromatic N) is 2. The summed E-state index contributed by atoms with van der Waals surface area (Å²) in [5, 5.41) is 11.4. The first kappa shape index (κ1) is 14.5. The van der Waals surface area contributed by atoms with Crippen LogP contribution >= 0.6 is 15.9 Å². The molecule has 3 N–H and O–H groups in total. The zero-order valence-electron chi connectivity index (χ0n) is 10.4. The van der Waals surface area contributed by atoms with Gasteiger partial charge in [-0.1, -0.05) is 16.8 Å². The normalized spacial score (nSPS) is 11.4. The van der Waals surface area contributed by atoms with Gasteiger partial charge in [0.2, 0.25) is 0 Å². The summed E-state index contributed by atoms with van der Waals surface area (Å²) >= 11 is 3.35. The molecule has 98 valence electrons. The van der Waals surface area contributed by atoms with Gasteiger partial charge in [0.05, 0.1) is 12.1 Å². The molecule has 1 aromatic rings. The van der Waals surface area contributed by atoms with Crippen molar-refractivity contribution in [3.05, 3.63) is 33.8 Å². The number of nitrogens with two attached hydrogens (primary N) is 1. The van der Waals surface area contributed by atoms with Crippen LogP contribution in [0.25, 0.3) is 0 Å². The maximum absolute atomic E-state index is 12.3. The third kappa shape index (κ3) is 3.46. The lowest BCUT2D eigenvalue weighted by atomic mass is 10.1. The minimum absolute atomic E-state index is 0.00831. The van der Waals surface area contributed by atoms with Crippen molar-refractivity contribution < 1.29 is 10.0 Å². The van der Waals surface area contributed by atoms with Crippen molar-refractivity contribution in [3.63, 3.8) is 0 Å². The Bertz CT molecular complexity index is 474. The highest BCUT2D eigenvalue weighted by atomic mass is 79.9. The summed E-state index contributed by atoms with van der Waals surface area (Å²) in [5.74, 6) is -0.145. The van der Waals surface area contributed by atoms with Crippen LogP contribution in [0.4, 0.5) is 0 Å². The Kier molecular flexibility index (Phi) is 5.15. The predicted octanol–water partition coefficient (Wildman–Crippen LogP) is 1.97. The third-order valence-corrected chi connectivity index (χ3v) is 3.19. The number of rotatable bonds is 4. The zero-order valence-corrected chi connectivity index (χ0v) is 11.9. The molecule has 0 fully saturated rings. The second-order valence-electron chi connectivity index (χ2n) is 3.89. The third-order valence-electron chi connectivity index (χ3n) is 2.50. The van der Waals surface area contributed by atoms with Crippen molar-refractivity contribution in [2.24, 2.45) is 10.9 Å². The van der Waals surface area contributed by atoms with E-state index in [0.29, 0.717) is 12.1 Å². The van der Waals surface area contributed by atoms with Crippen LogP contribution in [0.15, 0.2) is 27.8 Å². The zero-order chi connectivity index (χ0) is 13.7. The molecule has 0 aliphatic carbocycles. The van der Waals surface area contributed by atoms with E-state index in [0.717, 1.165) is 10.0 Å². The molecule has 0 aliphatic rings. The molecule has 5 nitrogen and oxygen atoms in total. The molecule has 0 unspecified atom stereocenters. The summed E-state index contributed by atoms with van der Waals surface area (Å²) in [4.78, 5) is 13.8. The van der Waals surface area contributed by atoms with E-state index in [2.05, 4.69) is 21.1 Å². The highest BCUT2D eigenvalue weighted by Gasteiger charge is 2.18. The van der Waals surface area contributed by atoms with Gasteiger partial charge in [-0.15, -0.1) is 0 Å². The number of hydrogen-bond acceptors (Lipinski definition) is 3. The minimum atomic E-state index is -0.153. The van der Waals surface area contributed by atoms with Gasteiger partial charge in [-0.25, -0.2) is 0 Å². The number of amidine groups is 1. The van der Waals surface area contributed by atoms with Crippen LogP contribution in [0.5, 0.6) is 0 Å². The average molecular weight is 314 g/mol. The fraction of sp³-hybridized carbons (Fsp3) is 0.333. The Balaban J connectivity index is 3.00. The van der Waals surface area contributed by atoms with Gasteiger partial charge in [-0.05, 0) is 41.9 Å². The lowest BCUT2D eigenvalue weighted by Gasteiger charge is -2.20. The molecular weight excluding hydrogens is 298 g/mol. The Morgan fingerprint density at radius 1 is 1.56 bits per heavy atom. The van der Waals surface area contributed by atoms with E-state index in [1.165, 1.54) is 4.90 Å². The molecule has 1 aromatic carbocycles. The molecule has 0 atom stereocenters. The lowest BCUT2D eigenvalue weighted by Crippen LogP contribution is -2.38. The number of oxime groups is 1. The Morgan fingerprint density at radius 3 is 2.78 bits per heavy atom. The van der Waals surface area contributed by atoms with E-state index in [9.17, 15) is 4.79 Å². The fourth-order valence-electron chi connectivity index (χ4n) is 1.53. The van der Waals surface area contributed by atoms with Crippen molar-refractivity contribution in [1.82, 2.24) is 4.90 Å². The second-order valence-corrected chi connectivity index (χ2v) is 4.75. The molecule has 0 radical (unpaired) electrons. The first-order valence-electron chi connectivity index (χ1n) is 5.51. The number of hydrogen-bond donors (Lipinski definition) is 2. The first-order valence-corrected chi connectivity index (χ1v) is 6.30. The van der Waals surface area contributed by atoms with Crippen LogP contribution in [0, 0.1) is 6.92 Å². The number of carbonyl (C=O) groups is 1. The summed E-state index contributed by atoms with van der Waals surface area (Å²) in [6.45, 7) is 4.34. The molecule has 1 amide bonds. The van der Waals surface area contributed by atoms with Crippen LogP contribution in [0.1, 0.15) is 22.8 Å². The Hall–Kier alpha value is -1.56. The maximum atomic E-state index is 12.3. The van der Waals surface area contributed by atoms with Crippen molar-refractivity contribution in [3.8, 4) is 0 Å². The highest BCUT2D eigenvalue weighted by molar-refractivity contribution is 9.10. The van der Waals surface area contributed by atoms with Crippen molar-refractivity contribution in [2.75, 3.05) is 13.1 Å². The topological polar surface area (TPSA) is 78.9 Å². The number of halogens is 1. The van der Waals surface area contributed by atoms with Crippen molar-refractivity contribution >= 4 is 27.7 Å². The van der Waals surface area contributed by atoms with Gasteiger partial charge < -0.3 is 15.8 Å². The summed E-state index contributed by atoms with van der Waals surface area (Å²) in [6.07, 6.45) is 0. The van der Waals surface area contributed by atoms with Crippen molar-refractivity contribution in [2.45, 2.75) is 13.8 Å². The monoisotopic (exact) mass is 313 g/mol. The molecule has 0 spiro atoms. The van der Waals surface area contributed by atoms with Gasteiger partial charge in [0, 0.05) is 11.0 Å². The lowest BCUT2D eigenvalue weighted by molar-refractivity contribution is 0.0785. The molecule has 18 heavy (non-hydrogen) atoms. The van der Waals surface area contributed by atoms with E-state index >= 15 is 0 Å². The van der Waals surface area contributed by atoms with Crippen LogP contribution < -0.4 is 5.73 Å². The van der Waals surface area contributed by atoms with Gasteiger partial charge in [-0.2, -0.15) is 0 Å². The Morgan fingerprint density at radius 2 is 2.22 bits per heavy atom. The van der Waals surface area contributed by atoms with E-state index < -0.39 is 0 Å². The standard InChI is InChI=1S/C12H16BrN3O2/c1-3-16(7-11(14)15-18)12(17)9-6-8(2)4-5-10(9)13/h4-6,18H,3,7H2,1-2H3,(H2,14,15). The molecule has 0 heterocycles. The van der Waals surface area contributed by atoms with Crippen molar-refractivity contribution in [1.29, 1.82) is 0 Å². The van der Waals surface area contributed by atoms with E-state index in [1.54, 1.807) is 6.07 Å². The van der Waals surface area contributed by atoms with Crippen LogP contribution in [-0.4, -0.2) is 34.9 Å². The Labute approximate surface area is 114 Å². The number of amides is 1. The molecule has 6 heteroatoms. The largest absolute Gasteiger partial charge is 0.409 e. The van der Waals surface area contributed by atoms with Gasteiger partial charge >= 0.3 is 0 Å². The second kappa shape index (κ2) is 6.39. The molecular formula is C12H16BrN3O2. The van der Waals surface area contributed by atoms with Gasteiger partial charge in [-0.3, -0.25) is 4.79 Å². The molecule has 0 saturated heterocycles. The number of likely N-dealkylation sites (N-methyl/N-ethyl adjacent to an activating group) is 1. The summed E-state index contributed by atoms with van der Waals surface area (Å²) in [7, 11) is 0. The highest BCUT2D eigenvalue weighted by Crippen LogP contribution is 2.19. The predicted molar refractivity (Wildman–Crippen MR) is 73.9 cm³/mol. The molecule has 0 bridgehead atoms. The van der Waals surface area contributed by atoms with E-state index in [-0.39, 0.29) is 18.3 Å². The van der Waals surface area contributed by atoms with E-state index in [4.69, 9.17) is 10.9 Å². The minimum Gasteiger partial charge on any atom is -0.409 e. The summed E-state index contributed by atoms with van der Waals surface area (Å²) in [5.41, 5.74) is 7.00. The van der Waals surface area contributed by atoms with Crippen LogP contribution in [0.3, 0.4) is 0 Å². The summed E-state index contributed by atoms with van der Waals surface area (Å²) in [6, 6.07) is 5.56. The van der Waals surface area contributed by atoms with Crippen LogP contribution in [0.2, 0.25) is 0 Å². The SMILES string of the molecule is CCN(C/C(N)=N/O)C(=O)c1cc(C)ccc1Br. The average Bonchev–Trinajstić information content (AvgIpc) is 2.37. The number of aryl methyl sites for hydroxylation is 1. The quantitative estimate of drug-likeness (QED) is 0.386. The summed E-state index contributed by atoms with van der Waals surface area (Å²) < 4.78 is 0.732. The molecule has 0 saturated carbocycles. The molecule has 1 rings (SSSR count). The van der Waals surface area contributed by atoms with Gasteiger partial charge in [0.1, 0.15) is 0 Å². The smallest absolute Gasteiger partial charge is 0.255 e. The number of benzene rings is 1. The van der Waals surface area contributed by atoms with Crippen LogP contribution in [-0.2, 0) is 0 Å². The van der Waals surface area contributed by atoms with Gasteiger partial charge in [0.25, 0.3) is 5.91 Å². The maximum Gasteiger partial charge on any atom is 0.255 e. The van der Waals surface area contributed by atoms with E-state index in [1.807, 2.05) is 26.0 Å². The fourth-order valence-corrected chi connectivity index (χ4v) is 1.94. The first-order chi connectivity index (χ1) is 8.49.